The molecule has 3 aromatic rings. The van der Waals surface area contributed by atoms with Gasteiger partial charge in [0.05, 0.1) is 0 Å². The van der Waals surface area contributed by atoms with Crippen molar-refractivity contribution in [2.24, 2.45) is 0 Å². The summed E-state index contributed by atoms with van der Waals surface area (Å²) in [5.74, 6) is 0. The van der Waals surface area contributed by atoms with Crippen LogP contribution in [0.5, 0.6) is 0 Å². The number of aryl methyl sites for hydroxylation is 1. The molecule has 1 heterocycles. The van der Waals surface area contributed by atoms with E-state index in [0.29, 0.717) is 0 Å². The molecule has 0 saturated heterocycles. The Morgan fingerprint density at radius 2 is 1.45 bits per heavy atom. The van der Waals surface area contributed by atoms with Crippen LogP contribution in [-0.2, 0) is 19.5 Å². The van der Waals surface area contributed by atoms with E-state index in [1.54, 1.807) is 0 Å². The molecular weight excluding hydrogens is 292 g/mol. The van der Waals surface area contributed by atoms with Crippen molar-refractivity contribution < 1.29 is 17.0 Å². The highest BCUT2D eigenvalue weighted by molar-refractivity contribution is 5.16. The lowest BCUT2D eigenvalue weighted by molar-refractivity contribution is -0.688. The SMILES string of the molecule is CCc1c[n+](Cc2ccccc2)cn1Cc1ccccc1.[Cl-]. The number of benzene rings is 2. The Bertz CT molecular complexity index is 690. The van der Waals surface area contributed by atoms with Gasteiger partial charge in [-0.15, -0.1) is 0 Å². The Kier molecular flexibility index (Phi) is 5.79. The van der Waals surface area contributed by atoms with Crippen LogP contribution in [0.15, 0.2) is 73.2 Å². The summed E-state index contributed by atoms with van der Waals surface area (Å²) < 4.78 is 4.62. The van der Waals surface area contributed by atoms with Gasteiger partial charge >= 0.3 is 0 Å². The zero-order valence-electron chi connectivity index (χ0n) is 12.8. The molecule has 1 aromatic heterocycles. The van der Waals surface area contributed by atoms with Gasteiger partial charge in [-0.25, -0.2) is 9.13 Å². The van der Waals surface area contributed by atoms with E-state index in [2.05, 4.69) is 89.2 Å². The molecule has 2 nitrogen and oxygen atoms in total. The fraction of sp³-hybridized carbons (Fsp3) is 0.211. The van der Waals surface area contributed by atoms with E-state index in [-0.39, 0.29) is 12.4 Å². The van der Waals surface area contributed by atoms with Crippen LogP contribution in [0.2, 0.25) is 0 Å². The van der Waals surface area contributed by atoms with E-state index in [9.17, 15) is 0 Å². The van der Waals surface area contributed by atoms with Crippen molar-refractivity contribution in [2.45, 2.75) is 26.4 Å². The average Bonchev–Trinajstić information content (AvgIpc) is 2.91. The molecule has 0 fully saturated rings. The highest BCUT2D eigenvalue weighted by Gasteiger charge is 2.12. The Morgan fingerprint density at radius 3 is 2.05 bits per heavy atom. The molecule has 22 heavy (non-hydrogen) atoms. The van der Waals surface area contributed by atoms with Crippen molar-refractivity contribution in [3.05, 3.63) is 90.0 Å². The van der Waals surface area contributed by atoms with Crippen LogP contribution in [0, 0.1) is 0 Å². The van der Waals surface area contributed by atoms with E-state index in [1.165, 1.54) is 16.8 Å². The Hall–Kier alpha value is -2.06. The predicted octanol–water partition coefficient (Wildman–Crippen LogP) is 0.439. The first-order valence-corrected chi connectivity index (χ1v) is 7.51. The molecule has 0 aliphatic carbocycles. The van der Waals surface area contributed by atoms with Gasteiger partial charge in [-0.05, 0) is 11.1 Å². The molecule has 0 aliphatic rings. The fourth-order valence-electron chi connectivity index (χ4n) is 2.65. The van der Waals surface area contributed by atoms with Crippen LogP contribution in [0.25, 0.3) is 0 Å². The monoisotopic (exact) mass is 312 g/mol. The van der Waals surface area contributed by atoms with Gasteiger partial charge in [0.25, 0.3) is 0 Å². The van der Waals surface area contributed by atoms with Gasteiger partial charge in [0, 0.05) is 6.42 Å². The zero-order valence-corrected chi connectivity index (χ0v) is 13.6. The largest absolute Gasteiger partial charge is 1.00 e. The summed E-state index contributed by atoms with van der Waals surface area (Å²) in [5.41, 5.74) is 4.05. The summed E-state index contributed by atoms with van der Waals surface area (Å²) in [6, 6.07) is 21.2. The van der Waals surface area contributed by atoms with E-state index in [4.69, 9.17) is 0 Å². The number of rotatable bonds is 5. The van der Waals surface area contributed by atoms with Gasteiger partial charge in [-0.3, -0.25) is 0 Å². The second-order valence-electron chi connectivity index (χ2n) is 5.36. The van der Waals surface area contributed by atoms with E-state index in [0.717, 1.165) is 19.5 Å². The number of hydrogen-bond acceptors (Lipinski definition) is 0. The van der Waals surface area contributed by atoms with Crippen molar-refractivity contribution in [1.29, 1.82) is 0 Å². The number of aromatic nitrogens is 2. The van der Waals surface area contributed by atoms with Gasteiger partial charge < -0.3 is 12.4 Å². The fourth-order valence-corrected chi connectivity index (χ4v) is 2.65. The maximum absolute atomic E-state index is 2.35. The summed E-state index contributed by atoms with van der Waals surface area (Å²) in [6.45, 7) is 4.07. The molecule has 0 N–H and O–H groups in total. The van der Waals surface area contributed by atoms with Gasteiger partial charge in [0.15, 0.2) is 0 Å². The van der Waals surface area contributed by atoms with E-state index in [1.807, 2.05) is 0 Å². The average molecular weight is 313 g/mol. The molecule has 0 radical (unpaired) electrons. The number of hydrogen-bond donors (Lipinski definition) is 0. The van der Waals surface area contributed by atoms with Crippen LogP contribution in [0.1, 0.15) is 23.7 Å². The van der Waals surface area contributed by atoms with Gasteiger partial charge in [-0.2, -0.15) is 0 Å². The quantitative estimate of drug-likeness (QED) is 0.605. The number of nitrogens with zero attached hydrogens (tertiary/aromatic N) is 2. The molecule has 2 aromatic carbocycles. The zero-order chi connectivity index (χ0) is 14.5. The van der Waals surface area contributed by atoms with Crippen molar-refractivity contribution in [2.75, 3.05) is 0 Å². The van der Waals surface area contributed by atoms with E-state index < -0.39 is 0 Å². The minimum atomic E-state index is 0. The molecule has 0 aliphatic heterocycles. The first-order chi connectivity index (χ1) is 10.3. The van der Waals surface area contributed by atoms with Gasteiger partial charge in [-0.1, -0.05) is 67.6 Å². The molecule has 0 bridgehead atoms. The van der Waals surface area contributed by atoms with Crippen LogP contribution >= 0.6 is 0 Å². The summed E-state index contributed by atoms with van der Waals surface area (Å²) in [6.07, 6.45) is 5.53. The van der Waals surface area contributed by atoms with Crippen LogP contribution < -0.4 is 17.0 Å². The predicted molar refractivity (Wildman–Crippen MR) is 85.1 cm³/mol. The maximum atomic E-state index is 2.35. The standard InChI is InChI=1S/C19H21N2.ClH/c1-2-19-15-20(13-17-9-5-3-6-10-17)16-21(19)14-18-11-7-4-8-12-18;/h3-12,15-16H,2,13-14H2,1H3;1H/q+1;/p-1. The Balaban J connectivity index is 0.00000176. The van der Waals surface area contributed by atoms with Crippen molar-refractivity contribution in [3.63, 3.8) is 0 Å². The molecule has 0 unspecified atom stereocenters. The van der Waals surface area contributed by atoms with E-state index >= 15 is 0 Å². The van der Waals surface area contributed by atoms with Crippen molar-refractivity contribution >= 4 is 0 Å². The molecule has 3 heteroatoms. The lowest BCUT2D eigenvalue weighted by Gasteiger charge is -2.00. The minimum absolute atomic E-state index is 0. The highest BCUT2D eigenvalue weighted by Crippen LogP contribution is 2.07. The summed E-state index contributed by atoms with van der Waals surface area (Å²) in [4.78, 5) is 0. The third kappa shape index (κ3) is 3.99. The maximum Gasteiger partial charge on any atom is 0.244 e. The summed E-state index contributed by atoms with van der Waals surface area (Å²) >= 11 is 0. The second-order valence-corrected chi connectivity index (χ2v) is 5.36. The molecule has 3 rings (SSSR count). The molecular formula is C19H21ClN2. The van der Waals surface area contributed by atoms with Crippen LogP contribution in [0.4, 0.5) is 0 Å². The first kappa shape index (κ1) is 16.3. The molecule has 0 spiro atoms. The van der Waals surface area contributed by atoms with Gasteiger partial charge in [0.1, 0.15) is 25.0 Å². The summed E-state index contributed by atoms with van der Waals surface area (Å²) in [5, 5.41) is 0. The van der Waals surface area contributed by atoms with Crippen LogP contribution in [-0.4, -0.2) is 4.57 Å². The number of imidazole rings is 1. The highest BCUT2D eigenvalue weighted by atomic mass is 35.5. The van der Waals surface area contributed by atoms with Crippen molar-refractivity contribution in [3.8, 4) is 0 Å². The third-order valence-corrected chi connectivity index (χ3v) is 3.74. The molecule has 0 atom stereocenters. The first-order valence-electron chi connectivity index (χ1n) is 7.51. The lowest BCUT2D eigenvalue weighted by Crippen LogP contribution is -3.00. The Morgan fingerprint density at radius 1 is 0.864 bits per heavy atom. The topological polar surface area (TPSA) is 8.81 Å². The molecule has 0 amide bonds. The summed E-state index contributed by atoms with van der Waals surface area (Å²) in [7, 11) is 0. The second kappa shape index (κ2) is 7.81. The smallest absolute Gasteiger partial charge is 0.244 e. The number of halogens is 1. The Labute approximate surface area is 138 Å². The minimum Gasteiger partial charge on any atom is -1.00 e. The molecule has 114 valence electrons. The normalized spacial score (nSPS) is 10.2. The lowest BCUT2D eigenvalue weighted by atomic mass is 10.2. The van der Waals surface area contributed by atoms with Crippen molar-refractivity contribution in [1.82, 2.24) is 4.57 Å². The molecule has 0 saturated carbocycles. The van der Waals surface area contributed by atoms with Crippen LogP contribution in [0.3, 0.4) is 0 Å². The third-order valence-electron chi connectivity index (χ3n) is 3.74. The van der Waals surface area contributed by atoms with Gasteiger partial charge in [0.2, 0.25) is 6.33 Å².